The molecule has 0 aliphatic heterocycles. The lowest BCUT2D eigenvalue weighted by molar-refractivity contribution is -0.125. The maximum Gasteiger partial charge on any atom is 0.258 e. The second-order valence-corrected chi connectivity index (χ2v) is 7.06. The summed E-state index contributed by atoms with van der Waals surface area (Å²) in [6, 6.07) is 14.9. The first-order chi connectivity index (χ1) is 13.5. The number of anilines is 1. The lowest BCUT2D eigenvalue weighted by atomic mass is 10.1. The molecule has 2 N–H and O–H groups in total. The number of hydrogen-bond donors (Lipinski definition) is 2. The van der Waals surface area contributed by atoms with Crippen molar-refractivity contribution in [2.45, 2.75) is 6.92 Å². The number of aromatic nitrogens is 1. The number of hydrogen-bond acceptors (Lipinski definition) is 5. The number of para-hydroxylation sites is 1. The molecule has 0 bridgehead atoms. The van der Waals surface area contributed by atoms with Crippen molar-refractivity contribution in [1.29, 1.82) is 0 Å². The molecule has 0 aliphatic rings. The van der Waals surface area contributed by atoms with Crippen LogP contribution < -0.4 is 15.4 Å². The topological polar surface area (TPSA) is 80.3 Å². The van der Waals surface area contributed by atoms with Crippen LogP contribution in [0.5, 0.6) is 5.75 Å². The van der Waals surface area contributed by atoms with Gasteiger partial charge in [0.2, 0.25) is 5.91 Å². The summed E-state index contributed by atoms with van der Waals surface area (Å²) in [7, 11) is 0. The van der Waals surface area contributed by atoms with Gasteiger partial charge in [-0.2, -0.15) is 0 Å². The molecule has 0 radical (unpaired) electrons. The van der Waals surface area contributed by atoms with Crippen LogP contribution in [0.1, 0.15) is 4.88 Å². The average molecular weight is 399 g/mol. The van der Waals surface area contributed by atoms with Crippen LogP contribution in [-0.2, 0) is 9.59 Å². The van der Waals surface area contributed by atoms with Gasteiger partial charge in [-0.1, -0.05) is 18.2 Å². The highest BCUT2D eigenvalue weighted by atomic mass is 32.1. The Hall–Kier alpha value is -3.26. The van der Waals surface area contributed by atoms with Crippen molar-refractivity contribution in [2.75, 3.05) is 18.5 Å². The van der Waals surface area contributed by atoms with Crippen molar-refractivity contribution in [3.63, 3.8) is 0 Å². The fraction of sp³-hybridized carbons (Fsp3) is 0.150. The quantitative estimate of drug-likeness (QED) is 0.638. The summed E-state index contributed by atoms with van der Waals surface area (Å²) in [5, 5.41) is 5.56. The first-order valence-corrected chi connectivity index (χ1v) is 9.30. The minimum absolute atomic E-state index is 0.178. The molecule has 0 aliphatic carbocycles. The summed E-state index contributed by atoms with van der Waals surface area (Å²) in [6.07, 6.45) is 0. The van der Waals surface area contributed by atoms with Gasteiger partial charge < -0.3 is 15.4 Å². The van der Waals surface area contributed by atoms with E-state index in [2.05, 4.69) is 15.6 Å². The van der Waals surface area contributed by atoms with Crippen molar-refractivity contribution in [2.24, 2.45) is 0 Å². The molecule has 28 heavy (non-hydrogen) atoms. The zero-order chi connectivity index (χ0) is 19.9. The van der Waals surface area contributed by atoms with E-state index >= 15 is 0 Å². The Labute approximate surface area is 165 Å². The van der Waals surface area contributed by atoms with E-state index in [1.54, 1.807) is 36.4 Å². The van der Waals surface area contributed by atoms with E-state index in [0.717, 1.165) is 10.4 Å². The van der Waals surface area contributed by atoms with Gasteiger partial charge in [0.05, 0.1) is 12.2 Å². The summed E-state index contributed by atoms with van der Waals surface area (Å²) in [5.41, 5.74) is 1.45. The molecule has 2 aromatic carbocycles. The molecule has 1 aromatic heterocycles. The molecule has 8 heteroatoms. The van der Waals surface area contributed by atoms with Gasteiger partial charge in [0.1, 0.15) is 11.6 Å². The second kappa shape index (κ2) is 9.09. The van der Waals surface area contributed by atoms with Crippen LogP contribution in [0.4, 0.5) is 9.52 Å². The van der Waals surface area contributed by atoms with E-state index in [4.69, 9.17) is 4.74 Å². The Morgan fingerprint density at radius 1 is 1.07 bits per heavy atom. The highest BCUT2D eigenvalue weighted by molar-refractivity contribution is 7.16. The van der Waals surface area contributed by atoms with Crippen molar-refractivity contribution < 1.29 is 18.7 Å². The number of nitrogens with zero attached hydrogens (tertiary/aromatic N) is 1. The van der Waals surface area contributed by atoms with E-state index in [-0.39, 0.29) is 19.0 Å². The maximum atomic E-state index is 13.1. The first-order valence-electron chi connectivity index (χ1n) is 8.49. The zero-order valence-electron chi connectivity index (χ0n) is 15.1. The molecule has 0 atom stereocenters. The van der Waals surface area contributed by atoms with Crippen LogP contribution in [0.15, 0.2) is 54.6 Å². The van der Waals surface area contributed by atoms with Crippen molar-refractivity contribution in [3.8, 4) is 17.0 Å². The summed E-state index contributed by atoms with van der Waals surface area (Å²) < 4.78 is 18.4. The van der Waals surface area contributed by atoms with Gasteiger partial charge in [-0.25, -0.2) is 9.37 Å². The Morgan fingerprint density at radius 2 is 1.79 bits per heavy atom. The van der Waals surface area contributed by atoms with Crippen molar-refractivity contribution in [3.05, 3.63) is 65.3 Å². The SMILES string of the molecule is Cc1sc(NC(=O)CNC(=O)COc2ccccc2)nc1-c1ccc(F)cc1. The molecule has 0 unspecified atom stereocenters. The lowest BCUT2D eigenvalue weighted by Gasteiger charge is -2.07. The number of amides is 2. The summed E-state index contributed by atoms with van der Waals surface area (Å²) >= 11 is 1.31. The molecule has 3 rings (SSSR count). The molecule has 0 saturated carbocycles. The molecular formula is C20H18FN3O3S. The summed E-state index contributed by atoms with van der Waals surface area (Å²) in [4.78, 5) is 29.1. The molecule has 3 aromatic rings. The molecule has 144 valence electrons. The predicted octanol–water partition coefficient (Wildman–Crippen LogP) is 3.39. The van der Waals surface area contributed by atoms with Gasteiger partial charge in [0, 0.05) is 10.4 Å². The van der Waals surface area contributed by atoms with E-state index in [9.17, 15) is 14.0 Å². The number of ether oxygens (including phenoxy) is 1. The third kappa shape index (κ3) is 5.37. The number of aryl methyl sites for hydroxylation is 1. The number of carbonyl (C=O) groups excluding carboxylic acids is 2. The molecular weight excluding hydrogens is 381 g/mol. The highest BCUT2D eigenvalue weighted by Gasteiger charge is 2.13. The Kier molecular flexibility index (Phi) is 6.33. The predicted molar refractivity (Wildman–Crippen MR) is 106 cm³/mol. The van der Waals surface area contributed by atoms with Gasteiger partial charge in [-0.3, -0.25) is 9.59 Å². The Morgan fingerprint density at radius 3 is 2.50 bits per heavy atom. The normalized spacial score (nSPS) is 10.4. The zero-order valence-corrected chi connectivity index (χ0v) is 15.9. The fourth-order valence-corrected chi connectivity index (χ4v) is 3.24. The van der Waals surface area contributed by atoms with Gasteiger partial charge in [0.15, 0.2) is 11.7 Å². The summed E-state index contributed by atoms with van der Waals surface area (Å²) in [6.45, 7) is 1.50. The monoisotopic (exact) mass is 399 g/mol. The Bertz CT molecular complexity index is 959. The van der Waals surface area contributed by atoms with E-state index < -0.39 is 11.8 Å². The van der Waals surface area contributed by atoms with Gasteiger partial charge in [-0.15, -0.1) is 11.3 Å². The number of rotatable bonds is 7. The average Bonchev–Trinajstić information content (AvgIpc) is 3.06. The minimum atomic E-state index is -0.402. The van der Waals surface area contributed by atoms with Gasteiger partial charge >= 0.3 is 0 Å². The van der Waals surface area contributed by atoms with Crippen LogP contribution in [0.2, 0.25) is 0 Å². The summed E-state index contributed by atoms with van der Waals surface area (Å²) in [5.74, 6) is -0.542. The van der Waals surface area contributed by atoms with Crippen LogP contribution in [0.25, 0.3) is 11.3 Å². The number of carbonyl (C=O) groups is 2. The van der Waals surface area contributed by atoms with E-state index in [0.29, 0.717) is 16.6 Å². The van der Waals surface area contributed by atoms with Crippen molar-refractivity contribution >= 4 is 28.3 Å². The molecule has 0 spiro atoms. The number of nitrogens with one attached hydrogen (secondary N) is 2. The number of halogens is 1. The number of thiazole rings is 1. The lowest BCUT2D eigenvalue weighted by Crippen LogP contribution is -2.35. The second-order valence-electron chi connectivity index (χ2n) is 5.86. The molecule has 0 fully saturated rings. The standard InChI is InChI=1S/C20H18FN3O3S/c1-13-19(14-7-9-15(21)10-8-14)24-20(28-13)23-17(25)11-22-18(26)12-27-16-5-3-2-4-6-16/h2-10H,11-12H2,1H3,(H,22,26)(H,23,24,25). The highest BCUT2D eigenvalue weighted by Crippen LogP contribution is 2.30. The molecule has 0 saturated heterocycles. The minimum Gasteiger partial charge on any atom is -0.484 e. The Balaban J connectivity index is 1.49. The smallest absolute Gasteiger partial charge is 0.258 e. The third-order valence-electron chi connectivity index (χ3n) is 3.72. The fourth-order valence-electron chi connectivity index (χ4n) is 2.38. The van der Waals surface area contributed by atoms with Crippen LogP contribution >= 0.6 is 11.3 Å². The van der Waals surface area contributed by atoms with Gasteiger partial charge in [0.25, 0.3) is 5.91 Å². The van der Waals surface area contributed by atoms with Gasteiger partial charge in [-0.05, 0) is 43.3 Å². The van der Waals surface area contributed by atoms with E-state index in [1.165, 1.54) is 23.5 Å². The molecule has 2 amide bonds. The third-order valence-corrected chi connectivity index (χ3v) is 4.61. The van der Waals surface area contributed by atoms with Crippen LogP contribution in [0, 0.1) is 12.7 Å². The maximum absolute atomic E-state index is 13.1. The molecule has 1 heterocycles. The van der Waals surface area contributed by atoms with E-state index in [1.807, 2.05) is 13.0 Å². The first kappa shape index (κ1) is 19.5. The van der Waals surface area contributed by atoms with Crippen LogP contribution in [-0.4, -0.2) is 29.9 Å². The molecule has 6 nitrogen and oxygen atoms in total. The number of benzene rings is 2. The largest absolute Gasteiger partial charge is 0.484 e. The van der Waals surface area contributed by atoms with Crippen molar-refractivity contribution in [1.82, 2.24) is 10.3 Å². The van der Waals surface area contributed by atoms with Crippen LogP contribution in [0.3, 0.4) is 0 Å².